The van der Waals surface area contributed by atoms with Crippen LogP contribution in [0.3, 0.4) is 0 Å². The van der Waals surface area contributed by atoms with Crippen LogP contribution in [0.4, 0.5) is 0 Å². The molecule has 2 aromatic carbocycles. The van der Waals surface area contributed by atoms with Crippen molar-refractivity contribution in [2.75, 3.05) is 6.54 Å². The second kappa shape index (κ2) is 6.81. The molecule has 0 bridgehead atoms. The van der Waals surface area contributed by atoms with Crippen molar-refractivity contribution >= 4 is 21.7 Å². The number of nitrogens with zero attached hydrogens (tertiary/aromatic N) is 1. The van der Waals surface area contributed by atoms with Gasteiger partial charge in [0.15, 0.2) is 5.78 Å². The Kier molecular flexibility index (Phi) is 4.55. The molecule has 1 atom stereocenters. The molecule has 1 fully saturated rings. The lowest BCUT2D eigenvalue weighted by molar-refractivity contribution is -0.120. The Morgan fingerprint density at radius 3 is 2.50 bits per heavy atom. The van der Waals surface area contributed by atoms with E-state index in [-0.39, 0.29) is 6.04 Å². The van der Waals surface area contributed by atoms with Gasteiger partial charge in [0, 0.05) is 16.9 Å². The molecule has 0 radical (unpaired) electrons. The molecule has 2 aromatic rings. The predicted octanol–water partition coefficient (Wildman–Crippen LogP) is 4.91. The third kappa shape index (κ3) is 3.07. The van der Waals surface area contributed by atoms with Crippen LogP contribution in [0.5, 0.6) is 0 Å². The first kappa shape index (κ1) is 16.0. The van der Waals surface area contributed by atoms with Crippen LogP contribution in [0.2, 0.25) is 0 Å². The van der Waals surface area contributed by atoms with E-state index < -0.39 is 0 Å². The number of Topliss-reactive ketones (excluding diaryl/α,β-unsaturated/α-hetero) is 1. The van der Waals surface area contributed by atoms with E-state index in [1.54, 1.807) is 0 Å². The van der Waals surface area contributed by atoms with E-state index in [1.807, 2.05) is 0 Å². The third-order valence-corrected chi connectivity index (χ3v) is 5.88. The molecule has 2 nitrogen and oxygen atoms in total. The summed E-state index contributed by atoms with van der Waals surface area (Å²) in [6.07, 6.45) is 5.53. The van der Waals surface area contributed by atoms with Gasteiger partial charge in [-0.15, -0.1) is 0 Å². The van der Waals surface area contributed by atoms with Gasteiger partial charge in [-0.3, -0.25) is 9.69 Å². The van der Waals surface area contributed by atoms with Gasteiger partial charge in [-0.2, -0.15) is 0 Å². The van der Waals surface area contributed by atoms with Crippen molar-refractivity contribution in [2.24, 2.45) is 0 Å². The molecule has 1 aliphatic heterocycles. The number of rotatable bonds is 2. The number of hydrogen-bond donors (Lipinski definition) is 0. The molecule has 0 amide bonds. The molecular formula is C21H22BrNO. The third-order valence-electron chi connectivity index (χ3n) is 5.39. The standard InChI is InChI=1S/C21H22BrNO/c22-17-11-10-16-12-19(24)14-23(18-8-4-5-9-18)21(20(16)13-17)15-6-2-1-3-7-15/h1-3,6-7,10-11,13,18,21H,4-5,8-9,12,14H2. The molecule has 124 valence electrons. The van der Waals surface area contributed by atoms with Gasteiger partial charge in [0.2, 0.25) is 0 Å². The van der Waals surface area contributed by atoms with Crippen LogP contribution in [-0.4, -0.2) is 23.3 Å². The van der Waals surface area contributed by atoms with E-state index in [0.29, 0.717) is 24.8 Å². The maximum Gasteiger partial charge on any atom is 0.151 e. The molecule has 1 heterocycles. The Bertz CT molecular complexity index is 737. The van der Waals surface area contributed by atoms with Crippen molar-refractivity contribution < 1.29 is 4.79 Å². The Morgan fingerprint density at radius 1 is 1.00 bits per heavy atom. The van der Waals surface area contributed by atoms with E-state index in [9.17, 15) is 4.79 Å². The van der Waals surface area contributed by atoms with Gasteiger partial charge in [-0.05, 0) is 41.7 Å². The zero-order valence-corrected chi connectivity index (χ0v) is 15.3. The summed E-state index contributed by atoms with van der Waals surface area (Å²) >= 11 is 3.63. The lowest BCUT2D eigenvalue weighted by Gasteiger charge is -2.36. The largest absolute Gasteiger partial charge is 0.298 e. The van der Waals surface area contributed by atoms with Crippen molar-refractivity contribution in [1.29, 1.82) is 0 Å². The monoisotopic (exact) mass is 383 g/mol. The topological polar surface area (TPSA) is 20.3 Å². The van der Waals surface area contributed by atoms with Gasteiger partial charge in [-0.1, -0.05) is 65.2 Å². The van der Waals surface area contributed by atoms with Crippen molar-refractivity contribution in [3.05, 3.63) is 69.7 Å². The SMILES string of the molecule is O=C1Cc2ccc(Br)cc2C(c2ccccc2)N(C2CCCC2)C1. The Labute approximate surface area is 152 Å². The Morgan fingerprint density at radius 2 is 1.75 bits per heavy atom. The van der Waals surface area contributed by atoms with Crippen molar-refractivity contribution in [2.45, 2.75) is 44.2 Å². The van der Waals surface area contributed by atoms with Gasteiger partial charge >= 0.3 is 0 Å². The summed E-state index contributed by atoms with van der Waals surface area (Å²) in [4.78, 5) is 15.1. The fourth-order valence-electron chi connectivity index (χ4n) is 4.31. The molecular weight excluding hydrogens is 362 g/mol. The molecule has 1 unspecified atom stereocenters. The van der Waals surface area contributed by atoms with Gasteiger partial charge in [0.25, 0.3) is 0 Å². The first-order valence-corrected chi connectivity index (χ1v) is 9.62. The first-order valence-electron chi connectivity index (χ1n) is 8.83. The quantitative estimate of drug-likeness (QED) is 0.734. The number of hydrogen-bond acceptors (Lipinski definition) is 2. The average Bonchev–Trinajstić information content (AvgIpc) is 3.07. The summed E-state index contributed by atoms with van der Waals surface area (Å²) in [5.74, 6) is 0.337. The van der Waals surface area contributed by atoms with Crippen LogP contribution in [0, 0.1) is 0 Å². The minimum atomic E-state index is 0.174. The molecule has 2 aliphatic rings. The first-order chi connectivity index (χ1) is 11.7. The van der Waals surface area contributed by atoms with Gasteiger partial charge < -0.3 is 0 Å². The predicted molar refractivity (Wildman–Crippen MR) is 100 cm³/mol. The van der Waals surface area contributed by atoms with Crippen molar-refractivity contribution in [3.63, 3.8) is 0 Å². The van der Waals surface area contributed by atoms with Crippen LogP contribution in [0.15, 0.2) is 53.0 Å². The fourth-order valence-corrected chi connectivity index (χ4v) is 4.68. The molecule has 0 aromatic heterocycles. The van der Waals surface area contributed by atoms with Crippen molar-refractivity contribution in [1.82, 2.24) is 4.90 Å². The maximum atomic E-state index is 12.6. The summed E-state index contributed by atoms with van der Waals surface area (Å²) in [6.45, 7) is 0.566. The normalized spacial score (nSPS) is 22.4. The van der Waals surface area contributed by atoms with Crippen LogP contribution < -0.4 is 0 Å². The maximum absolute atomic E-state index is 12.6. The lowest BCUT2D eigenvalue weighted by atomic mass is 9.92. The molecule has 0 N–H and O–H groups in total. The number of carbonyl (C=O) groups excluding carboxylic acids is 1. The highest BCUT2D eigenvalue weighted by atomic mass is 79.9. The van der Waals surface area contributed by atoms with E-state index in [4.69, 9.17) is 0 Å². The van der Waals surface area contributed by atoms with Crippen molar-refractivity contribution in [3.8, 4) is 0 Å². The molecule has 3 heteroatoms. The molecule has 1 saturated carbocycles. The number of ketones is 1. The van der Waals surface area contributed by atoms with Gasteiger partial charge in [0.1, 0.15) is 0 Å². The van der Waals surface area contributed by atoms with Crippen LogP contribution >= 0.6 is 15.9 Å². The van der Waals surface area contributed by atoms with E-state index in [1.165, 1.54) is 42.4 Å². The van der Waals surface area contributed by atoms with Gasteiger partial charge in [-0.25, -0.2) is 0 Å². The van der Waals surface area contributed by atoms with Crippen LogP contribution in [-0.2, 0) is 11.2 Å². The Hall–Kier alpha value is -1.45. The summed E-state index contributed by atoms with van der Waals surface area (Å²) in [5.41, 5.74) is 3.75. The highest BCUT2D eigenvalue weighted by Crippen LogP contribution is 2.39. The fraction of sp³-hybridized carbons (Fsp3) is 0.381. The minimum absolute atomic E-state index is 0.174. The number of fused-ring (bicyclic) bond motifs is 1. The zero-order valence-electron chi connectivity index (χ0n) is 13.7. The molecule has 0 spiro atoms. The lowest BCUT2D eigenvalue weighted by Crippen LogP contribution is -2.39. The van der Waals surface area contributed by atoms with E-state index >= 15 is 0 Å². The van der Waals surface area contributed by atoms with E-state index in [0.717, 1.165) is 4.47 Å². The molecule has 1 aliphatic carbocycles. The Balaban J connectivity index is 1.87. The highest BCUT2D eigenvalue weighted by molar-refractivity contribution is 9.10. The smallest absolute Gasteiger partial charge is 0.151 e. The summed E-state index contributed by atoms with van der Waals surface area (Å²) in [5, 5.41) is 0. The summed E-state index contributed by atoms with van der Waals surface area (Å²) < 4.78 is 1.09. The zero-order chi connectivity index (χ0) is 16.5. The average molecular weight is 384 g/mol. The number of halogens is 1. The summed E-state index contributed by atoms with van der Waals surface area (Å²) in [6, 6.07) is 17.8. The summed E-state index contributed by atoms with van der Waals surface area (Å²) in [7, 11) is 0. The van der Waals surface area contributed by atoms with Gasteiger partial charge in [0.05, 0.1) is 12.6 Å². The van der Waals surface area contributed by atoms with Crippen LogP contribution in [0.1, 0.15) is 48.4 Å². The highest BCUT2D eigenvalue weighted by Gasteiger charge is 2.35. The number of carbonyl (C=O) groups is 1. The minimum Gasteiger partial charge on any atom is -0.298 e. The molecule has 4 rings (SSSR count). The second-order valence-electron chi connectivity index (χ2n) is 6.98. The number of benzene rings is 2. The molecule has 0 saturated heterocycles. The second-order valence-corrected chi connectivity index (χ2v) is 7.90. The molecule has 24 heavy (non-hydrogen) atoms. The van der Waals surface area contributed by atoms with E-state index in [2.05, 4.69) is 69.4 Å². The van der Waals surface area contributed by atoms with Crippen LogP contribution in [0.25, 0.3) is 0 Å².